The molecular formula is C14H10BrClO. The summed E-state index contributed by atoms with van der Waals surface area (Å²) in [6.45, 7) is 0. The van der Waals surface area contributed by atoms with Gasteiger partial charge >= 0.3 is 0 Å². The summed E-state index contributed by atoms with van der Waals surface area (Å²) in [7, 11) is 0. The number of benzene rings is 2. The van der Waals surface area contributed by atoms with Gasteiger partial charge in [-0.1, -0.05) is 51.8 Å². The van der Waals surface area contributed by atoms with Crippen molar-refractivity contribution in [2.45, 2.75) is 6.42 Å². The third kappa shape index (κ3) is 3.42. The summed E-state index contributed by atoms with van der Waals surface area (Å²) >= 11 is 9.23. The van der Waals surface area contributed by atoms with Crippen LogP contribution in [0.15, 0.2) is 53.0 Å². The molecule has 0 aliphatic carbocycles. The van der Waals surface area contributed by atoms with E-state index in [9.17, 15) is 4.79 Å². The van der Waals surface area contributed by atoms with Gasteiger partial charge in [-0.25, -0.2) is 0 Å². The predicted molar refractivity (Wildman–Crippen MR) is 73.6 cm³/mol. The monoisotopic (exact) mass is 308 g/mol. The Hall–Kier alpha value is -1.12. The Morgan fingerprint density at radius 2 is 1.88 bits per heavy atom. The fraction of sp³-hybridized carbons (Fsp3) is 0.0714. The molecule has 0 aliphatic heterocycles. The van der Waals surface area contributed by atoms with E-state index in [2.05, 4.69) is 15.9 Å². The number of carbonyl (C=O) groups is 1. The fourth-order valence-electron chi connectivity index (χ4n) is 1.60. The number of Topliss-reactive ketones (excluding diaryl/α,β-unsaturated/α-hetero) is 1. The first-order valence-corrected chi connectivity index (χ1v) is 6.35. The second kappa shape index (κ2) is 5.48. The molecule has 0 spiro atoms. The van der Waals surface area contributed by atoms with E-state index in [0.29, 0.717) is 17.0 Å². The molecule has 0 saturated carbocycles. The van der Waals surface area contributed by atoms with Gasteiger partial charge in [0.15, 0.2) is 5.78 Å². The molecule has 0 bridgehead atoms. The normalized spacial score (nSPS) is 10.2. The molecule has 0 radical (unpaired) electrons. The summed E-state index contributed by atoms with van der Waals surface area (Å²) in [5, 5.41) is 0.657. The summed E-state index contributed by atoms with van der Waals surface area (Å²) in [5.41, 5.74) is 1.64. The maximum Gasteiger partial charge on any atom is 0.167 e. The average molecular weight is 310 g/mol. The molecule has 0 heterocycles. The van der Waals surface area contributed by atoms with Crippen LogP contribution in [0.5, 0.6) is 0 Å². The Bertz CT molecular complexity index is 551. The molecule has 0 N–H and O–H groups in total. The Kier molecular flexibility index (Phi) is 3.97. The highest BCUT2D eigenvalue weighted by Gasteiger charge is 2.07. The zero-order chi connectivity index (χ0) is 12.3. The van der Waals surface area contributed by atoms with Crippen molar-refractivity contribution in [1.29, 1.82) is 0 Å². The van der Waals surface area contributed by atoms with Crippen LogP contribution in [-0.4, -0.2) is 5.78 Å². The van der Waals surface area contributed by atoms with Gasteiger partial charge in [0.25, 0.3) is 0 Å². The molecule has 1 nitrogen and oxygen atoms in total. The molecular weight excluding hydrogens is 300 g/mol. The summed E-state index contributed by atoms with van der Waals surface area (Å²) in [4.78, 5) is 12.0. The molecule has 0 fully saturated rings. The maximum atomic E-state index is 12.0. The molecule has 2 aromatic rings. The first-order valence-electron chi connectivity index (χ1n) is 5.18. The summed E-state index contributed by atoms with van der Waals surface area (Å²) in [6.07, 6.45) is 0.372. The number of ketones is 1. The molecule has 0 aliphatic rings. The van der Waals surface area contributed by atoms with Crippen molar-refractivity contribution in [2.75, 3.05) is 0 Å². The first kappa shape index (κ1) is 12.3. The van der Waals surface area contributed by atoms with E-state index < -0.39 is 0 Å². The van der Waals surface area contributed by atoms with E-state index in [4.69, 9.17) is 11.6 Å². The van der Waals surface area contributed by atoms with Crippen LogP contribution in [0.2, 0.25) is 5.02 Å². The third-order valence-corrected chi connectivity index (χ3v) is 3.13. The third-order valence-electron chi connectivity index (χ3n) is 2.40. The van der Waals surface area contributed by atoms with Crippen molar-refractivity contribution in [3.8, 4) is 0 Å². The highest BCUT2D eigenvalue weighted by molar-refractivity contribution is 9.10. The fourth-order valence-corrected chi connectivity index (χ4v) is 2.21. The zero-order valence-electron chi connectivity index (χ0n) is 8.99. The molecule has 86 valence electrons. The lowest BCUT2D eigenvalue weighted by atomic mass is 10.0. The van der Waals surface area contributed by atoms with Gasteiger partial charge in [0.1, 0.15) is 0 Å². The zero-order valence-corrected chi connectivity index (χ0v) is 11.3. The van der Waals surface area contributed by atoms with Crippen LogP contribution in [0.4, 0.5) is 0 Å². The second-order valence-corrected chi connectivity index (χ2v) is 5.09. The molecule has 17 heavy (non-hydrogen) atoms. The highest BCUT2D eigenvalue weighted by Crippen LogP contribution is 2.16. The van der Waals surface area contributed by atoms with E-state index in [1.165, 1.54) is 0 Å². The minimum Gasteiger partial charge on any atom is -0.294 e. The Morgan fingerprint density at radius 3 is 2.59 bits per heavy atom. The van der Waals surface area contributed by atoms with Gasteiger partial charge < -0.3 is 0 Å². The molecule has 0 amide bonds. The van der Waals surface area contributed by atoms with E-state index in [1.807, 2.05) is 42.5 Å². The van der Waals surface area contributed by atoms with Crippen LogP contribution in [0.25, 0.3) is 0 Å². The topological polar surface area (TPSA) is 17.1 Å². The van der Waals surface area contributed by atoms with Crippen LogP contribution in [0.3, 0.4) is 0 Å². The van der Waals surface area contributed by atoms with Crippen molar-refractivity contribution in [3.05, 3.63) is 69.2 Å². The van der Waals surface area contributed by atoms with Crippen LogP contribution in [-0.2, 0) is 6.42 Å². The van der Waals surface area contributed by atoms with E-state index in [0.717, 1.165) is 10.0 Å². The van der Waals surface area contributed by atoms with Crippen LogP contribution in [0, 0.1) is 0 Å². The number of carbonyl (C=O) groups excluding carboxylic acids is 1. The van der Waals surface area contributed by atoms with Crippen molar-refractivity contribution < 1.29 is 4.79 Å². The number of hydrogen-bond donors (Lipinski definition) is 0. The van der Waals surface area contributed by atoms with Gasteiger partial charge in [-0.3, -0.25) is 4.79 Å². The van der Waals surface area contributed by atoms with Gasteiger partial charge in [0.2, 0.25) is 0 Å². The van der Waals surface area contributed by atoms with Crippen LogP contribution >= 0.6 is 27.5 Å². The average Bonchev–Trinajstić information content (AvgIpc) is 2.29. The smallest absolute Gasteiger partial charge is 0.167 e. The molecule has 0 atom stereocenters. The largest absolute Gasteiger partial charge is 0.294 e. The lowest BCUT2D eigenvalue weighted by Gasteiger charge is -2.02. The molecule has 2 aromatic carbocycles. The van der Waals surface area contributed by atoms with Gasteiger partial charge in [0, 0.05) is 21.5 Å². The van der Waals surface area contributed by atoms with E-state index in [1.54, 1.807) is 6.07 Å². The molecule has 0 aromatic heterocycles. The van der Waals surface area contributed by atoms with E-state index in [-0.39, 0.29) is 5.78 Å². The second-order valence-electron chi connectivity index (χ2n) is 3.74. The van der Waals surface area contributed by atoms with Crippen molar-refractivity contribution >= 4 is 33.3 Å². The molecule has 0 saturated heterocycles. The van der Waals surface area contributed by atoms with Gasteiger partial charge in [-0.2, -0.15) is 0 Å². The number of rotatable bonds is 3. The van der Waals surface area contributed by atoms with Crippen molar-refractivity contribution in [2.24, 2.45) is 0 Å². The lowest BCUT2D eigenvalue weighted by Crippen LogP contribution is -2.03. The number of hydrogen-bond acceptors (Lipinski definition) is 1. The summed E-state index contributed by atoms with van der Waals surface area (Å²) in [6, 6.07) is 14.8. The molecule has 3 heteroatoms. The van der Waals surface area contributed by atoms with Crippen molar-refractivity contribution in [3.63, 3.8) is 0 Å². The van der Waals surface area contributed by atoms with Crippen molar-refractivity contribution in [1.82, 2.24) is 0 Å². The highest BCUT2D eigenvalue weighted by atomic mass is 79.9. The SMILES string of the molecule is O=C(Cc1cccc(Cl)c1)c1cccc(Br)c1. The maximum absolute atomic E-state index is 12.0. The summed E-state index contributed by atoms with van der Waals surface area (Å²) < 4.78 is 0.912. The minimum atomic E-state index is 0.0913. The molecule has 0 unspecified atom stereocenters. The first-order chi connectivity index (χ1) is 8.15. The lowest BCUT2D eigenvalue weighted by molar-refractivity contribution is 0.0993. The predicted octanol–water partition coefficient (Wildman–Crippen LogP) is 4.53. The quantitative estimate of drug-likeness (QED) is 0.761. The number of halogens is 2. The molecule has 2 rings (SSSR count). The standard InChI is InChI=1S/C14H10BrClO/c15-12-5-2-4-11(9-12)14(17)8-10-3-1-6-13(16)7-10/h1-7,9H,8H2. The van der Waals surface area contributed by atoms with Crippen LogP contribution < -0.4 is 0 Å². The van der Waals surface area contributed by atoms with Gasteiger partial charge in [-0.05, 0) is 29.8 Å². The minimum absolute atomic E-state index is 0.0913. The summed E-state index contributed by atoms with van der Waals surface area (Å²) in [5.74, 6) is 0.0913. The Morgan fingerprint density at radius 1 is 1.12 bits per heavy atom. The Labute approximate surface area is 114 Å². The van der Waals surface area contributed by atoms with Gasteiger partial charge in [-0.15, -0.1) is 0 Å². The Balaban J connectivity index is 2.17. The van der Waals surface area contributed by atoms with E-state index >= 15 is 0 Å². The van der Waals surface area contributed by atoms with Crippen LogP contribution in [0.1, 0.15) is 15.9 Å². The van der Waals surface area contributed by atoms with Gasteiger partial charge in [0.05, 0.1) is 0 Å².